The molecule has 0 spiro atoms. The van der Waals surface area contributed by atoms with Gasteiger partial charge in [-0.2, -0.15) is 13.2 Å². The Morgan fingerprint density at radius 2 is 1.90 bits per heavy atom. The Morgan fingerprint density at radius 3 is 2.52 bits per heavy atom. The number of para-hydroxylation sites is 1. The molecular weight excluding hydrogens is 281 g/mol. The molecule has 21 heavy (non-hydrogen) atoms. The van der Waals surface area contributed by atoms with E-state index in [0.29, 0.717) is 18.8 Å². The molecule has 0 saturated heterocycles. The number of hydrogen-bond acceptors (Lipinski definition) is 4. The van der Waals surface area contributed by atoms with Crippen LogP contribution in [0.2, 0.25) is 0 Å². The van der Waals surface area contributed by atoms with Crippen molar-refractivity contribution in [3.8, 4) is 0 Å². The Bertz CT molecular complexity index is 613. The molecular formula is C14H15F3N4. The Balaban J connectivity index is 2.28. The maximum Gasteiger partial charge on any atom is 0.433 e. The number of nitrogens with zero attached hydrogens (tertiary/aromatic N) is 3. The predicted octanol–water partition coefficient (Wildman–Crippen LogP) is 3.10. The Hall–Kier alpha value is -2.31. The largest absolute Gasteiger partial charge is 0.433 e. The molecule has 0 fully saturated rings. The van der Waals surface area contributed by atoms with Gasteiger partial charge in [-0.05, 0) is 24.6 Å². The highest BCUT2D eigenvalue weighted by Crippen LogP contribution is 2.28. The Labute approximate surface area is 120 Å². The van der Waals surface area contributed by atoms with Gasteiger partial charge in [-0.25, -0.2) is 9.97 Å². The van der Waals surface area contributed by atoms with E-state index in [1.165, 1.54) is 0 Å². The predicted molar refractivity (Wildman–Crippen MR) is 74.6 cm³/mol. The van der Waals surface area contributed by atoms with Crippen LogP contribution in [0.5, 0.6) is 0 Å². The zero-order valence-corrected chi connectivity index (χ0v) is 11.4. The Morgan fingerprint density at radius 1 is 1.19 bits per heavy atom. The van der Waals surface area contributed by atoms with E-state index in [4.69, 9.17) is 5.73 Å². The van der Waals surface area contributed by atoms with Gasteiger partial charge >= 0.3 is 6.18 Å². The Kier molecular flexibility index (Phi) is 4.30. The fourth-order valence-electron chi connectivity index (χ4n) is 1.87. The molecule has 0 aliphatic rings. The summed E-state index contributed by atoms with van der Waals surface area (Å²) in [4.78, 5) is 9.15. The smallest absolute Gasteiger partial charge is 0.398 e. The van der Waals surface area contributed by atoms with Crippen molar-refractivity contribution in [1.29, 1.82) is 0 Å². The lowest BCUT2D eigenvalue weighted by Crippen LogP contribution is -2.25. The van der Waals surface area contributed by atoms with Crippen LogP contribution in [0.4, 0.5) is 24.8 Å². The summed E-state index contributed by atoms with van der Waals surface area (Å²) in [5, 5.41) is 0. The van der Waals surface area contributed by atoms with Gasteiger partial charge < -0.3 is 10.6 Å². The summed E-state index contributed by atoms with van der Waals surface area (Å²) < 4.78 is 38.1. The van der Waals surface area contributed by atoms with Crippen LogP contribution in [-0.4, -0.2) is 16.5 Å². The van der Waals surface area contributed by atoms with Gasteiger partial charge in [0.2, 0.25) is 5.95 Å². The molecule has 0 unspecified atom stereocenters. The van der Waals surface area contributed by atoms with E-state index < -0.39 is 11.9 Å². The van der Waals surface area contributed by atoms with Crippen molar-refractivity contribution in [2.45, 2.75) is 19.6 Å². The number of aromatic nitrogens is 2. The molecule has 0 radical (unpaired) electrons. The van der Waals surface area contributed by atoms with E-state index in [1.54, 1.807) is 17.0 Å². The van der Waals surface area contributed by atoms with Crippen molar-refractivity contribution in [3.63, 3.8) is 0 Å². The topological polar surface area (TPSA) is 55.0 Å². The quantitative estimate of drug-likeness (QED) is 0.881. The highest BCUT2D eigenvalue weighted by molar-refractivity contribution is 5.48. The second-order valence-electron chi connectivity index (χ2n) is 4.45. The van der Waals surface area contributed by atoms with Gasteiger partial charge in [0.25, 0.3) is 0 Å². The maximum absolute atomic E-state index is 12.7. The van der Waals surface area contributed by atoms with E-state index in [0.717, 1.165) is 17.8 Å². The molecule has 2 aromatic rings. The van der Waals surface area contributed by atoms with Crippen LogP contribution >= 0.6 is 0 Å². The third-order valence-electron chi connectivity index (χ3n) is 3.01. The molecule has 112 valence electrons. The third kappa shape index (κ3) is 3.62. The number of nitrogens with two attached hydrogens (primary N) is 1. The first-order valence-corrected chi connectivity index (χ1v) is 6.40. The number of rotatable bonds is 4. The number of anilines is 2. The van der Waals surface area contributed by atoms with E-state index in [1.807, 2.05) is 19.1 Å². The van der Waals surface area contributed by atoms with Crippen LogP contribution in [0.15, 0.2) is 36.5 Å². The molecule has 0 aliphatic heterocycles. The SMILES string of the molecule is CCN(Cc1ccccc1N)c1nccc(C(F)(F)F)n1. The van der Waals surface area contributed by atoms with Crippen LogP contribution in [0.1, 0.15) is 18.2 Å². The number of alkyl halides is 3. The van der Waals surface area contributed by atoms with Crippen molar-refractivity contribution >= 4 is 11.6 Å². The molecule has 4 nitrogen and oxygen atoms in total. The van der Waals surface area contributed by atoms with Gasteiger partial charge in [-0.3, -0.25) is 0 Å². The minimum absolute atomic E-state index is 0.0376. The molecule has 2 rings (SSSR count). The number of nitrogen functional groups attached to an aromatic ring is 1. The minimum Gasteiger partial charge on any atom is -0.398 e. The average Bonchev–Trinajstić information content (AvgIpc) is 2.46. The van der Waals surface area contributed by atoms with Crippen LogP contribution < -0.4 is 10.6 Å². The number of benzene rings is 1. The lowest BCUT2D eigenvalue weighted by Gasteiger charge is -2.22. The zero-order chi connectivity index (χ0) is 15.5. The zero-order valence-electron chi connectivity index (χ0n) is 11.4. The van der Waals surface area contributed by atoms with Crippen LogP contribution in [-0.2, 0) is 12.7 Å². The molecule has 0 atom stereocenters. The molecule has 1 aromatic carbocycles. The molecule has 0 aliphatic carbocycles. The summed E-state index contributed by atoms with van der Waals surface area (Å²) in [5.74, 6) is 0.0376. The summed E-state index contributed by atoms with van der Waals surface area (Å²) >= 11 is 0. The summed E-state index contributed by atoms with van der Waals surface area (Å²) in [6.07, 6.45) is -3.37. The molecule has 0 amide bonds. The van der Waals surface area contributed by atoms with Gasteiger partial charge in [0, 0.05) is 25.0 Å². The minimum atomic E-state index is -4.48. The van der Waals surface area contributed by atoms with Crippen molar-refractivity contribution in [2.75, 3.05) is 17.2 Å². The van der Waals surface area contributed by atoms with Gasteiger partial charge in [-0.15, -0.1) is 0 Å². The normalized spacial score (nSPS) is 11.4. The fraction of sp³-hybridized carbons (Fsp3) is 0.286. The highest BCUT2D eigenvalue weighted by Gasteiger charge is 2.33. The van der Waals surface area contributed by atoms with E-state index in [2.05, 4.69) is 9.97 Å². The maximum atomic E-state index is 12.7. The highest BCUT2D eigenvalue weighted by atomic mass is 19.4. The van der Waals surface area contributed by atoms with Crippen molar-refractivity contribution < 1.29 is 13.2 Å². The first-order chi connectivity index (χ1) is 9.91. The lowest BCUT2D eigenvalue weighted by molar-refractivity contribution is -0.141. The molecule has 1 aromatic heterocycles. The molecule has 2 N–H and O–H groups in total. The fourth-order valence-corrected chi connectivity index (χ4v) is 1.87. The van der Waals surface area contributed by atoms with E-state index in [-0.39, 0.29) is 5.95 Å². The lowest BCUT2D eigenvalue weighted by atomic mass is 10.1. The first kappa shape index (κ1) is 15.1. The van der Waals surface area contributed by atoms with Crippen molar-refractivity contribution in [1.82, 2.24) is 9.97 Å². The average molecular weight is 296 g/mol. The molecule has 0 saturated carbocycles. The summed E-state index contributed by atoms with van der Waals surface area (Å²) in [6.45, 7) is 2.64. The van der Waals surface area contributed by atoms with Gasteiger partial charge in [0.05, 0.1) is 0 Å². The number of hydrogen-bond donors (Lipinski definition) is 1. The third-order valence-corrected chi connectivity index (χ3v) is 3.01. The van der Waals surface area contributed by atoms with Gasteiger partial charge in [0.1, 0.15) is 5.69 Å². The van der Waals surface area contributed by atoms with Crippen LogP contribution in [0.3, 0.4) is 0 Å². The number of halogens is 3. The van der Waals surface area contributed by atoms with E-state index >= 15 is 0 Å². The second-order valence-corrected chi connectivity index (χ2v) is 4.45. The van der Waals surface area contributed by atoms with Crippen molar-refractivity contribution in [3.05, 3.63) is 47.8 Å². The summed E-state index contributed by atoms with van der Waals surface area (Å²) in [7, 11) is 0. The van der Waals surface area contributed by atoms with Gasteiger partial charge in [-0.1, -0.05) is 18.2 Å². The van der Waals surface area contributed by atoms with Crippen molar-refractivity contribution in [2.24, 2.45) is 0 Å². The molecule has 0 bridgehead atoms. The summed E-state index contributed by atoms with van der Waals surface area (Å²) in [6, 6.07) is 8.05. The van der Waals surface area contributed by atoms with Crippen LogP contribution in [0.25, 0.3) is 0 Å². The monoisotopic (exact) mass is 296 g/mol. The second kappa shape index (κ2) is 5.99. The standard InChI is InChI=1S/C14H15F3N4/c1-2-21(9-10-5-3-4-6-11(10)18)13-19-8-7-12(20-13)14(15,16)17/h3-8H,2,9,18H2,1H3. The van der Waals surface area contributed by atoms with E-state index in [9.17, 15) is 13.2 Å². The summed E-state index contributed by atoms with van der Waals surface area (Å²) in [5.41, 5.74) is 6.31. The van der Waals surface area contributed by atoms with Crippen LogP contribution in [0, 0.1) is 0 Å². The molecule has 7 heteroatoms. The molecule has 1 heterocycles. The first-order valence-electron chi connectivity index (χ1n) is 6.40. The van der Waals surface area contributed by atoms with Gasteiger partial charge in [0.15, 0.2) is 0 Å².